The van der Waals surface area contributed by atoms with Crippen molar-refractivity contribution in [2.75, 3.05) is 0 Å². The summed E-state index contributed by atoms with van der Waals surface area (Å²) >= 11 is 5.94. The fourth-order valence-corrected chi connectivity index (χ4v) is 2.75. The maximum absolute atomic E-state index is 9.06. The molecular formula is C17H14ClNO. The first-order chi connectivity index (χ1) is 9.76. The van der Waals surface area contributed by atoms with E-state index < -0.39 is 0 Å². The number of nitrogens with zero attached hydrogens (tertiary/aromatic N) is 1. The van der Waals surface area contributed by atoms with E-state index in [1.807, 2.05) is 0 Å². The Morgan fingerprint density at radius 1 is 1.10 bits per heavy atom. The second-order valence-corrected chi connectivity index (χ2v) is 5.43. The molecule has 0 aromatic heterocycles. The molecule has 0 saturated carbocycles. The highest BCUT2D eigenvalue weighted by Gasteiger charge is 2.11. The van der Waals surface area contributed by atoms with Crippen LogP contribution < -0.4 is 4.74 Å². The van der Waals surface area contributed by atoms with E-state index in [9.17, 15) is 0 Å². The van der Waals surface area contributed by atoms with Gasteiger partial charge < -0.3 is 4.74 Å². The van der Waals surface area contributed by atoms with E-state index in [1.165, 1.54) is 24.0 Å². The van der Waals surface area contributed by atoms with Gasteiger partial charge in [-0.25, -0.2) is 0 Å². The van der Waals surface area contributed by atoms with Gasteiger partial charge in [0.25, 0.3) is 0 Å². The van der Waals surface area contributed by atoms with Crippen molar-refractivity contribution < 1.29 is 4.74 Å². The minimum Gasteiger partial charge on any atom is -0.487 e. The summed E-state index contributed by atoms with van der Waals surface area (Å²) in [6.45, 7) is 0.461. The standard InChI is InChI=1S/C17H14ClNO/c18-16-7-6-15(10-19)17(9-16)20-11-12-4-5-13-2-1-3-14(13)8-12/h4-9H,1-3,11H2. The minimum atomic E-state index is 0.461. The molecule has 1 aliphatic carbocycles. The van der Waals surface area contributed by atoms with Crippen molar-refractivity contribution in [1.82, 2.24) is 0 Å². The van der Waals surface area contributed by atoms with E-state index in [2.05, 4.69) is 24.3 Å². The van der Waals surface area contributed by atoms with Gasteiger partial charge in [-0.1, -0.05) is 29.8 Å². The second-order valence-electron chi connectivity index (χ2n) is 5.00. The molecule has 0 spiro atoms. The number of ether oxygens (including phenoxy) is 1. The lowest BCUT2D eigenvalue weighted by Gasteiger charge is -2.09. The molecule has 0 bridgehead atoms. The van der Waals surface area contributed by atoms with Crippen LogP contribution in [0.5, 0.6) is 5.75 Å². The smallest absolute Gasteiger partial charge is 0.139 e. The molecule has 1 aliphatic rings. The molecular weight excluding hydrogens is 270 g/mol. The zero-order valence-electron chi connectivity index (χ0n) is 11.0. The average molecular weight is 284 g/mol. The van der Waals surface area contributed by atoms with E-state index in [1.54, 1.807) is 18.2 Å². The fourth-order valence-electron chi connectivity index (χ4n) is 2.58. The molecule has 0 amide bonds. The highest BCUT2D eigenvalue weighted by Crippen LogP contribution is 2.26. The molecule has 3 rings (SSSR count). The van der Waals surface area contributed by atoms with Crippen LogP contribution in [0.25, 0.3) is 0 Å². The number of aryl methyl sites for hydroxylation is 2. The van der Waals surface area contributed by atoms with Crippen LogP contribution in [0.4, 0.5) is 0 Å². The van der Waals surface area contributed by atoms with Gasteiger partial charge in [-0.05, 0) is 48.1 Å². The predicted octanol–water partition coefficient (Wildman–Crippen LogP) is 4.28. The monoisotopic (exact) mass is 283 g/mol. The first-order valence-corrected chi connectivity index (χ1v) is 7.07. The normalized spacial score (nSPS) is 12.8. The molecule has 100 valence electrons. The van der Waals surface area contributed by atoms with Gasteiger partial charge in [-0.15, -0.1) is 0 Å². The average Bonchev–Trinajstić information content (AvgIpc) is 2.92. The van der Waals surface area contributed by atoms with Crippen molar-refractivity contribution in [3.8, 4) is 11.8 Å². The second kappa shape index (κ2) is 5.56. The summed E-state index contributed by atoms with van der Waals surface area (Å²) in [5, 5.41) is 9.64. The van der Waals surface area contributed by atoms with E-state index >= 15 is 0 Å². The Morgan fingerprint density at radius 3 is 2.80 bits per heavy atom. The van der Waals surface area contributed by atoms with Crippen molar-refractivity contribution >= 4 is 11.6 Å². The summed E-state index contributed by atoms with van der Waals surface area (Å²) in [7, 11) is 0. The molecule has 20 heavy (non-hydrogen) atoms. The SMILES string of the molecule is N#Cc1ccc(Cl)cc1OCc1ccc2c(c1)CCC2. The maximum Gasteiger partial charge on any atom is 0.139 e. The maximum atomic E-state index is 9.06. The third-order valence-electron chi connectivity index (χ3n) is 3.62. The molecule has 2 nitrogen and oxygen atoms in total. The lowest BCUT2D eigenvalue weighted by atomic mass is 10.1. The highest BCUT2D eigenvalue weighted by molar-refractivity contribution is 6.30. The van der Waals surface area contributed by atoms with Crippen LogP contribution in [0.15, 0.2) is 36.4 Å². The minimum absolute atomic E-state index is 0.461. The lowest BCUT2D eigenvalue weighted by Crippen LogP contribution is -1.98. The number of hydrogen-bond acceptors (Lipinski definition) is 2. The van der Waals surface area contributed by atoms with Gasteiger partial charge in [0.2, 0.25) is 0 Å². The topological polar surface area (TPSA) is 33.0 Å². The number of fused-ring (bicyclic) bond motifs is 1. The Balaban J connectivity index is 1.77. The van der Waals surface area contributed by atoms with E-state index in [0.29, 0.717) is 22.9 Å². The zero-order chi connectivity index (χ0) is 13.9. The van der Waals surface area contributed by atoms with Gasteiger partial charge in [0.1, 0.15) is 18.4 Å². The lowest BCUT2D eigenvalue weighted by molar-refractivity contribution is 0.305. The Morgan fingerprint density at radius 2 is 1.95 bits per heavy atom. The molecule has 0 fully saturated rings. The third kappa shape index (κ3) is 2.64. The van der Waals surface area contributed by atoms with Gasteiger partial charge >= 0.3 is 0 Å². The molecule has 0 atom stereocenters. The number of nitriles is 1. The van der Waals surface area contributed by atoms with E-state index in [4.69, 9.17) is 21.6 Å². The van der Waals surface area contributed by atoms with Crippen molar-refractivity contribution in [2.24, 2.45) is 0 Å². The van der Waals surface area contributed by atoms with Crippen molar-refractivity contribution in [2.45, 2.75) is 25.9 Å². The predicted molar refractivity (Wildman–Crippen MR) is 79.0 cm³/mol. The highest BCUT2D eigenvalue weighted by atomic mass is 35.5. The Kier molecular flexibility index (Phi) is 3.62. The summed E-state index contributed by atoms with van der Waals surface area (Å²) in [6.07, 6.45) is 3.58. The zero-order valence-corrected chi connectivity index (χ0v) is 11.8. The molecule has 0 radical (unpaired) electrons. The first kappa shape index (κ1) is 13.0. The molecule has 0 heterocycles. The summed E-state index contributed by atoms with van der Waals surface area (Å²) in [6, 6.07) is 13.7. The van der Waals surface area contributed by atoms with Crippen LogP contribution in [0.1, 0.15) is 28.7 Å². The molecule has 0 aliphatic heterocycles. The largest absolute Gasteiger partial charge is 0.487 e. The molecule has 0 N–H and O–H groups in total. The van der Waals surface area contributed by atoms with Gasteiger partial charge in [0, 0.05) is 11.1 Å². The van der Waals surface area contributed by atoms with Crippen LogP contribution in [0.2, 0.25) is 5.02 Å². The summed E-state index contributed by atoms with van der Waals surface area (Å²) < 4.78 is 5.75. The summed E-state index contributed by atoms with van der Waals surface area (Å²) in [4.78, 5) is 0. The number of hydrogen-bond donors (Lipinski definition) is 0. The van der Waals surface area contributed by atoms with Gasteiger partial charge in [-0.2, -0.15) is 5.26 Å². The quantitative estimate of drug-likeness (QED) is 0.842. The van der Waals surface area contributed by atoms with Crippen LogP contribution in [0, 0.1) is 11.3 Å². The summed E-state index contributed by atoms with van der Waals surface area (Å²) in [5.74, 6) is 0.542. The first-order valence-electron chi connectivity index (χ1n) is 6.69. The van der Waals surface area contributed by atoms with Crippen LogP contribution in [-0.2, 0) is 19.4 Å². The van der Waals surface area contributed by atoms with Gasteiger partial charge in [0.15, 0.2) is 0 Å². The Labute approximate surface area is 123 Å². The molecule has 2 aromatic rings. The Hall–Kier alpha value is -1.98. The summed E-state index contributed by atoms with van der Waals surface area (Å²) in [5.41, 5.74) is 4.52. The molecule has 0 saturated heterocycles. The fraction of sp³-hybridized carbons (Fsp3) is 0.235. The third-order valence-corrected chi connectivity index (χ3v) is 3.86. The van der Waals surface area contributed by atoms with Gasteiger partial charge in [0.05, 0.1) is 5.56 Å². The number of rotatable bonds is 3. The molecule has 0 unspecified atom stereocenters. The van der Waals surface area contributed by atoms with Crippen LogP contribution in [0.3, 0.4) is 0 Å². The van der Waals surface area contributed by atoms with Crippen LogP contribution in [-0.4, -0.2) is 0 Å². The Bertz CT molecular complexity index is 688. The number of benzene rings is 2. The number of halogens is 1. The van der Waals surface area contributed by atoms with E-state index in [-0.39, 0.29) is 0 Å². The van der Waals surface area contributed by atoms with Crippen molar-refractivity contribution in [3.05, 3.63) is 63.7 Å². The van der Waals surface area contributed by atoms with Gasteiger partial charge in [-0.3, -0.25) is 0 Å². The van der Waals surface area contributed by atoms with E-state index in [0.717, 1.165) is 12.0 Å². The van der Waals surface area contributed by atoms with Crippen molar-refractivity contribution in [3.63, 3.8) is 0 Å². The van der Waals surface area contributed by atoms with Crippen molar-refractivity contribution in [1.29, 1.82) is 5.26 Å². The molecule has 2 aromatic carbocycles. The van der Waals surface area contributed by atoms with Crippen LogP contribution >= 0.6 is 11.6 Å². The molecule has 3 heteroatoms.